The highest BCUT2D eigenvalue weighted by molar-refractivity contribution is 8.13. The second-order valence-corrected chi connectivity index (χ2v) is 5.83. The summed E-state index contributed by atoms with van der Waals surface area (Å²) in [5, 5.41) is 19.5. The third-order valence-electron chi connectivity index (χ3n) is 2.61. The molecule has 10 heteroatoms. The van der Waals surface area contributed by atoms with Crippen LogP contribution < -0.4 is 5.32 Å². The van der Waals surface area contributed by atoms with Gasteiger partial charge in [-0.1, -0.05) is 11.8 Å². The molecule has 0 spiro atoms. The minimum Gasteiger partial charge on any atom is -0.481 e. The fourth-order valence-electron chi connectivity index (χ4n) is 1.45. The predicted molar refractivity (Wildman–Crippen MR) is 79.7 cm³/mol. The van der Waals surface area contributed by atoms with E-state index in [9.17, 15) is 24.0 Å². The SMILES string of the molecule is CC(=O)OCC(CSC(C)=O)C(=O)N[C@@H](CCC(=O)O)C(=O)O. The van der Waals surface area contributed by atoms with Gasteiger partial charge in [-0.25, -0.2) is 4.79 Å². The van der Waals surface area contributed by atoms with Crippen LogP contribution in [0.1, 0.15) is 26.7 Å². The third kappa shape index (κ3) is 10.3. The van der Waals surface area contributed by atoms with Gasteiger partial charge in [0.2, 0.25) is 5.91 Å². The van der Waals surface area contributed by atoms with Crippen molar-refractivity contribution in [3.63, 3.8) is 0 Å². The molecule has 0 aliphatic rings. The van der Waals surface area contributed by atoms with Crippen LogP contribution in [-0.2, 0) is 28.7 Å². The molecule has 3 N–H and O–H groups in total. The highest BCUT2D eigenvalue weighted by atomic mass is 32.2. The summed E-state index contributed by atoms with van der Waals surface area (Å²) in [4.78, 5) is 55.4. The van der Waals surface area contributed by atoms with Crippen LogP contribution in [0.2, 0.25) is 0 Å². The molecule has 0 aliphatic carbocycles. The Kier molecular flexibility index (Phi) is 9.63. The zero-order chi connectivity index (χ0) is 18.0. The maximum Gasteiger partial charge on any atom is 0.326 e. The van der Waals surface area contributed by atoms with Crippen LogP contribution in [0.25, 0.3) is 0 Å². The van der Waals surface area contributed by atoms with Gasteiger partial charge in [-0.3, -0.25) is 19.2 Å². The van der Waals surface area contributed by atoms with Crippen molar-refractivity contribution in [1.82, 2.24) is 5.32 Å². The summed E-state index contributed by atoms with van der Waals surface area (Å²) in [6, 6.07) is -1.37. The van der Waals surface area contributed by atoms with Crippen molar-refractivity contribution in [3.8, 4) is 0 Å². The first-order valence-corrected chi connectivity index (χ1v) is 7.63. The number of carbonyl (C=O) groups excluding carboxylic acids is 3. The van der Waals surface area contributed by atoms with E-state index in [4.69, 9.17) is 14.9 Å². The number of thioether (sulfide) groups is 1. The molecular formula is C13H19NO8S. The fraction of sp³-hybridized carbons (Fsp3) is 0.615. The number of hydrogen-bond acceptors (Lipinski definition) is 7. The van der Waals surface area contributed by atoms with Crippen LogP contribution in [0.15, 0.2) is 0 Å². The van der Waals surface area contributed by atoms with Gasteiger partial charge in [0, 0.05) is 26.0 Å². The molecule has 0 aliphatic heterocycles. The quantitative estimate of drug-likeness (QED) is 0.459. The molecule has 23 heavy (non-hydrogen) atoms. The highest BCUT2D eigenvalue weighted by Crippen LogP contribution is 2.12. The lowest BCUT2D eigenvalue weighted by molar-refractivity contribution is -0.147. The van der Waals surface area contributed by atoms with Crippen LogP contribution >= 0.6 is 11.8 Å². The van der Waals surface area contributed by atoms with Crippen molar-refractivity contribution in [1.29, 1.82) is 0 Å². The predicted octanol–water partition coefficient (Wildman–Crippen LogP) is -0.120. The first-order valence-electron chi connectivity index (χ1n) is 6.65. The average Bonchev–Trinajstić information content (AvgIpc) is 2.41. The van der Waals surface area contributed by atoms with Crippen LogP contribution in [0.4, 0.5) is 0 Å². The van der Waals surface area contributed by atoms with Gasteiger partial charge >= 0.3 is 17.9 Å². The number of hydrogen-bond donors (Lipinski definition) is 3. The van der Waals surface area contributed by atoms with Crippen LogP contribution in [-0.4, -0.2) is 57.5 Å². The number of ether oxygens (including phenoxy) is 1. The Balaban J connectivity index is 4.79. The normalized spacial score (nSPS) is 12.8. The van der Waals surface area contributed by atoms with E-state index in [1.807, 2.05) is 0 Å². The van der Waals surface area contributed by atoms with E-state index >= 15 is 0 Å². The Morgan fingerprint density at radius 1 is 1.13 bits per heavy atom. The van der Waals surface area contributed by atoms with Crippen LogP contribution in [0.3, 0.4) is 0 Å². The molecule has 0 fully saturated rings. The summed E-state index contributed by atoms with van der Waals surface area (Å²) in [6.45, 7) is 2.16. The molecule has 130 valence electrons. The Morgan fingerprint density at radius 2 is 1.74 bits per heavy atom. The Bertz CT molecular complexity index is 461. The van der Waals surface area contributed by atoms with Gasteiger partial charge in [0.05, 0.1) is 5.92 Å². The lowest BCUT2D eigenvalue weighted by Gasteiger charge is -2.19. The van der Waals surface area contributed by atoms with E-state index in [-0.39, 0.29) is 23.9 Å². The van der Waals surface area contributed by atoms with Crippen LogP contribution in [0, 0.1) is 5.92 Å². The van der Waals surface area contributed by atoms with Crippen molar-refractivity contribution >= 4 is 40.7 Å². The first-order chi connectivity index (χ1) is 10.6. The molecule has 0 rings (SSSR count). The first kappa shape index (κ1) is 20.9. The number of carboxylic acid groups (broad SMARTS) is 2. The molecular weight excluding hydrogens is 330 g/mol. The summed E-state index contributed by atoms with van der Waals surface area (Å²) in [6.07, 6.45) is -0.704. The van der Waals surface area contributed by atoms with E-state index < -0.39 is 42.2 Å². The number of aliphatic carboxylic acids is 2. The van der Waals surface area contributed by atoms with Gasteiger partial charge in [-0.2, -0.15) is 0 Å². The number of rotatable bonds is 10. The molecule has 0 saturated heterocycles. The largest absolute Gasteiger partial charge is 0.481 e. The summed E-state index contributed by atoms with van der Waals surface area (Å²) in [5.41, 5.74) is 0. The topological polar surface area (TPSA) is 147 Å². The standard InChI is InChI=1S/C13H19NO8S/c1-7(15)22-5-9(6-23-8(2)16)12(19)14-10(13(20)21)3-4-11(17)18/h9-10H,3-6H2,1-2H3,(H,14,19)(H,17,18)(H,20,21)/t9?,10-/m0/s1. The Hall–Kier alpha value is -2.10. The van der Waals surface area contributed by atoms with E-state index in [2.05, 4.69) is 5.32 Å². The maximum atomic E-state index is 12.1. The summed E-state index contributed by atoms with van der Waals surface area (Å²) >= 11 is 0.841. The fourth-order valence-corrected chi connectivity index (χ4v) is 2.13. The van der Waals surface area contributed by atoms with E-state index in [0.717, 1.165) is 18.7 Å². The van der Waals surface area contributed by atoms with Gasteiger partial charge < -0.3 is 20.3 Å². The highest BCUT2D eigenvalue weighted by Gasteiger charge is 2.27. The summed E-state index contributed by atoms with van der Waals surface area (Å²) in [5.74, 6) is -4.80. The molecule has 1 unspecified atom stereocenters. The average molecular weight is 349 g/mol. The van der Waals surface area contributed by atoms with Crippen molar-refractivity contribution in [2.75, 3.05) is 12.4 Å². The lowest BCUT2D eigenvalue weighted by Crippen LogP contribution is -2.45. The monoisotopic (exact) mass is 349 g/mol. The molecule has 0 heterocycles. The van der Waals surface area contributed by atoms with Crippen molar-refractivity contribution in [3.05, 3.63) is 0 Å². The third-order valence-corrected chi connectivity index (χ3v) is 3.58. The summed E-state index contributed by atoms with van der Waals surface area (Å²) in [7, 11) is 0. The number of nitrogens with one attached hydrogen (secondary N) is 1. The van der Waals surface area contributed by atoms with Gasteiger partial charge in [0.1, 0.15) is 12.6 Å². The van der Waals surface area contributed by atoms with Crippen molar-refractivity contribution in [2.45, 2.75) is 32.7 Å². The second kappa shape index (κ2) is 10.6. The van der Waals surface area contributed by atoms with E-state index in [0.29, 0.717) is 0 Å². The number of esters is 1. The zero-order valence-electron chi connectivity index (χ0n) is 12.7. The number of carboxylic acids is 2. The lowest BCUT2D eigenvalue weighted by atomic mass is 10.1. The van der Waals surface area contributed by atoms with Gasteiger partial charge in [-0.15, -0.1) is 0 Å². The molecule has 0 saturated carbocycles. The molecule has 0 radical (unpaired) electrons. The number of amides is 1. The van der Waals surface area contributed by atoms with Gasteiger partial charge in [-0.05, 0) is 6.42 Å². The van der Waals surface area contributed by atoms with Crippen LogP contribution in [0.5, 0.6) is 0 Å². The molecule has 0 bridgehead atoms. The minimum absolute atomic E-state index is 0.0136. The molecule has 1 amide bonds. The Morgan fingerprint density at radius 3 is 2.17 bits per heavy atom. The molecule has 2 atom stereocenters. The van der Waals surface area contributed by atoms with Gasteiger partial charge in [0.25, 0.3) is 0 Å². The molecule has 0 aromatic rings. The zero-order valence-corrected chi connectivity index (χ0v) is 13.6. The van der Waals surface area contributed by atoms with Crippen molar-refractivity contribution in [2.24, 2.45) is 5.92 Å². The second-order valence-electron chi connectivity index (χ2n) is 4.63. The minimum atomic E-state index is -1.37. The maximum absolute atomic E-state index is 12.1. The molecule has 0 aromatic heterocycles. The summed E-state index contributed by atoms with van der Waals surface area (Å²) < 4.78 is 4.73. The van der Waals surface area contributed by atoms with E-state index in [1.165, 1.54) is 6.92 Å². The van der Waals surface area contributed by atoms with Gasteiger partial charge in [0.15, 0.2) is 5.12 Å². The number of carbonyl (C=O) groups is 5. The molecule has 0 aromatic carbocycles. The smallest absolute Gasteiger partial charge is 0.326 e. The van der Waals surface area contributed by atoms with E-state index in [1.54, 1.807) is 0 Å². The Labute approximate surface area is 136 Å². The van der Waals surface area contributed by atoms with Crippen molar-refractivity contribution < 1.29 is 38.9 Å². The molecule has 9 nitrogen and oxygen atoms in total.